The standard InChI is InChI=1S/C28H30N2O5S/c1-17-11-14-25(33-2)24(15-17)30-36(31,32)18-12-13-23-22(16-18)19-7-5-8-20(19)27(29-23)21-9-6-10-26(34-3)28(21)35-4/h5-7,9-16,19-20,27,29-30H,8H2,1-4H3/t19-,20+,27-/m0/s1. The number of allylic oxidation sites excluding steroid dienone is 2. The maximum Gasteiger partial charge on any atom is 0.262 e. The lowest BCUT2D eigenvalue weighted by Gasteiger charge is -2.38. The third kappa shape index (κ3) is 4.15. The third-order valence-corrected chi connectivity index (χ3v) is 8.38. The number of aryl methyl sites for hydroxylation is 1. The molecule has 2 aliphatic rings. The second kappa shape index (κ2) is 9.43. The Bertz CT molecular complexity index is 1430. The Hall–Kier alpha value is -3.65. The smallest absolute Gasteiger partial charge is 0.262 e. The molecule has 0 amide bonds. The molecule has 0 spiro atoms. The van der Waals surface area contributed by atoms with Gasteiger partial charge in [0.05, 0.1) is 38.0 Å². The number of para-hydroxylation sites is 1. The van der Waals surface area contributed by atoms with Crippen molar-refractivity contribution < 1.29 is 22.6 Å². The molecule has 3 aromatic carbocycles. The summed E-state index contributed by atoms with van der Waals surface area (Å²) in [5.41, 5.74) is 4.24. The van der Waals surface area contributed by atoms with Gasteiger partial charge in [0.1, 0.15) is 5.75 Å². The van der Waals surface area contributed by atoms with Gasteiger partial charge in [0.25, 0.3) is 10.0 Å². The van der Waals surface area contributed by atoms with Gasteiger partial charge in [-0.05, 0) is 66.8 Å². The molecule has 0 unspecified atom stereocenters. The molecule has 0 fully saturated rings. The van der Waals surface area contributed by atoms with Gasteiger partial charge >= 0.3 is 0 Å². The number of anilines is 2. The van der Waals surface area contributed by atoms with Gasteiger partial charge in [0, 0.05) is 17.2 Å². The van der Waals surface area contributed by atoms with E-state index in [1.807, 2.05) is 31.2 Å². The largest absolute Gasteiger partial charge is 0.495 e. The van der Waals surface area contributed by atoms with Gasteiger partial charge < -0.3 is 19.5 Å². The lowest BCUT2D eigenvalue weighted by Crippen LogP contribution is -2.29. The fourth-order valence-electron chi connectivity index (χ4n) is 5.31. The average molecular weight is 507 g/mol. The Morgan fingerprint density at radius 1 is 0.917 bits per heavy atom. The molecular weight excluding hydrogens is 476 g/mol. The van der Waals surface area contributed by atoms with E-state index in [0.717, 1.165) is 28.8 Å². The SMILES string of the molecule is COc1ccc(C)cc1NS(=O)(=O)c1ccc2c(c1)[C@H]1C=CC[C@H]1[C@@H](c1cccc(OC)c1OC)N2. The Kier molecular flexibility index (Phi) is 6.30. The zero-order chi connectivity index (χ0) is 25.4. The first-order valence-electron chi connectivity index (χ1n) is 11.8. The van der Waals surface area contributed by atoms with Crippen molar-refractivity contribution >= 4 is 21.4 Å². The molecule has 0 aromatic heterocycles. The highest BCUT2D eigenvalue weighted by Gasteiger charge is 2.40. The van der Waals surface area contributed by atoms with Crippen molar-refractivity contribution in [3.8, 4) is 17.2 Å². The van der Waals surface area contributed by atoms with E-state index in [-0.39, 0.29) is 22.8 Å². The van der Waals surface area contributed by atoms with Crippen LogP contribution in [0.1, 0.15) is 35.1 Å². The van der Waals surface area contributed by atoms with Gasteiger partial charge in [0.2, 0.25) is 0 Å². The average Bonchev–Trinajstić information content (AvgIpc) is 3.38. The summed E-state index contributed by atoms with van der Waals surface area (Å²) in [6, 6.07) is 16.5. The Labute approximate surface area is 212 Å². The summed E-state index contributed by atoms with van der Waals surface area (Å²) < 4.78 is 46.0. The summed E-state index contributed by atoms with van der Waals surface area (Å²) in [6.45, 7) is 1.90. The van der Waals surface area contributed by atoms with E-state index in [1.54, 1.807) is 38.5 Å². The van der Waals surface area contributed by atoms with Gasteiger partial charge in [-0.2, -0.15) is 0 Å². The van der Waals surface area contributed by atoms with Gasteiger partial charge in [-0.3, -0.25) is 4.72 Å². The molecule has 3 aromatic rings. The monoisotopic (exact) mass is 506 g/mol. The number of nitrogens with one attached hydrogen (secondary N) is 2. The number of sulfonamides is 1. The third-order valence-electron chi connectivity index (χ3n) is 7.01. The number of rotatable bonds is 7. The number of hydrogen-bond acceptors (Lipinski definition) is 6. The summed E-state index contributed by atoms with van der Waals surface area (Å²) in [4.78, 5) is 0.211. The normalized spacial score (nSPS) is 20.2. The summed E-state index contributed by atoms with van der Waals surface area (Å²) in [5.74, 6) is 2.15. The molecule has 1 aliphatic heterocycles. The van der Waals surface area contributed by atoms with Crippen molar-refractivity contribution in [2.45, 2.75) is 30.2 Å². The Morgan fingerprint density at radius 3 is 2.47 bits per heavy atom. The minimum absolute atomic E-state index is 0.0142. The van der Waals surface area contributed by atoms with Crippen molar-refractivity contribution in [3.63, 3.8) is 0 Å². The molecule has 36 heavy (non-hydrogen) atoms. The molecule has 0 saturated heterocycles. The van der Waals surface area contributed by atoms with Crippen LogP contribution in [0.3, 0.4) is 0 Å². The summed E-state index contributed by atoms with van der Waals surface area (Å²) in [5, 5.41) is 3.65. The van der Waals surface area contributed by atoms with Crippen LogP contribution in [0.2, 0.25) is 0 Å². The number of fused-ring (bicyclic) bond motifs is 3. The highest BCUT2D eigenvalue weighted by Crippen LogP contribution is 2.52. The minimum atomic E-state index is -3.83. The molecule has 5 rings (SSSR count). The van der Waals surface area contributed by atoms with E-state index in [9.17, 15) is 8.42 Å². The molecule has 0 bridgehead atoms. The van der Waals surface area contributed by atoms with Crippen LogP contribution in [0.15, 0.2) is 71.6 Å². The van der Waals surface area contributed by atoms with Crippen LogP contribution in [0.4, 0.5) is 11.4 Å². The molecule has 0 radical (unpaired) electrons. The molecule has 188 valence electrons. The quantitative estimate of drug-likeness (QED) is 0.403. The van der Waals surface area contributed by atoms with E-state index in [2.05, 4.69) is 28.3 Å². The highest BCUT2D eigenvalue weighted by molar-refractivity contribution is 7.92. The second-order valence-electron chi connectivity index (χ2n) is 9.12. The van der Waals surface area contributed by atoms with Gasteiger partial charge in [-0.25, -0.2) is 8.42 Å². The lowest BCUT2D eigenvalue weighted by molar-refractivity contribution is 0.341. The number of benzene rings is 3. The maximum atomic E-state index is 13.4. The fourth-order valence-corrected chi connectivity index (χ4v) is 6.41. The first-order valence-corrected chi connectivity index (χ1v) is 13.3. The van der Waals surface area contributed by atoms with Crippen molar-refractivity contribution in [3.05, 3.63) is 83.4 Å². The summed E-state index contributed by atoms with van der Waals surface area (Å²) in [7, 11) is 0.974. The fraction of sp³-hybridized carbons (Fsp3) is 0.286. The van der Waals surface area contributed by atoms with E-state index in [4.69, 9.17) is 14.2 Å². The van der Waals surface area contributed by atoms with E-state index in [1.165, 1.54) is 7.11 Å². The molecular formula is C28H30N2O5S. The van der Waals surface area contributed by atoms with Crippen LogP contribution in [-0.4, -0.2) is 29.7 Å². The van der Waals surface area contributed by atoms with Crippen LogP contribution in [0.25, 0.3) is 0 Å². The van der Waals surface area contributed by atoms with Crippen LogP contribution in [0, 0.1) is 12.8 Å². The Morgan fingerprint density at radius 2 is 1.72 bits per heavy atom. The van der Waals surface area contributed by atoms with E-state index < -0.39 is 10.0 Å². The summed E-state index contributed by atoms with van der Waals surface area (Å²) in [6.07, 6.45) is 5.22. The van der Waals surface area contributed by atoms with Crippen LogP contribution in [-0.2, 0) is 10.0 Å². The number of ether oxygens (including phenoxy) is 3. The van der Waals surface area contributed by atoms with Crippen molar-refractivity contribution in [1.82, 2.24) is 0 Å². The predicted octanol–water partition coefficient (Wildman–Crippen LogP) is 5.65. The van der Waals surface area contributed by atoms with Gasteiger partial charge in [-0.1, -0.05) is 30.4 Å². The second-order valence-corrected chi connectivity index (χ2v) is 10.8. The molecule has 7 nitrogen and oxygen atoms in total. The first kappa shape index (κ1) is 24.1. The first-order chi connectivity index (χ1) is 17.4. The maximum absolute atomic E-state index is 13.4. The minimum Gasteiger partial charge on any atom is -0.495 e. The van der Waals surface area contributed by atoms with Crippen molar-refractivity contribution in [1.29, 1.82) is 0 Å². The van der Waals surface area contributed by atoms with E-state index >= 15 is 0 Å². The number of hydrogen-bond donors (Lipinski definition) is 2. The topological polar surface area (TPSA) is 85.9 Å². The highest BCUT2D eigenvalue weighted by atomic mass is 32.2. The van der Waals surface area contributed by atoms with Crippen LogP contribution < -0.4 is 24.2 Å². The van der Waals surface area contributed by atoms with Crippen LogP contribution in [0.5, 0.6) is 17.2 Å². The van der Waals surface area contributed by atoms with Crippen molar-refractivity contribution in [2.75, 3.05) is 31.4 Å². The molecule has 2 N–H and O–H groups in total. The molecule has 3 atom stereocenters. The zero-order valence-electron chi connectivity index (χ0n) is 20.7. The van der Waals surface area contributed by atoms with Gasteiger partial charge in [0.15, 0.2) is 11.5 Å². The molecule has 8 heteroatoms. The Balaban J connectivity index is 1.51. The lowest BCUT2D eigenvalue weighted by atomic mass is 9.77. The van der Waals surface area contributed by atoms with Crippen molar-refractivity contribution in [2.24, 2.45) is 5.92 Å². The number of methoxy groups -OCH3 is 3. The molecule has 0 saturated carbocycles. The van der Waals surface area contributed by atoms with Crippen LogP contribution >= 0.6 is 0 Å². The van der Waals surface area contributed by atoms with Gasteiger partial charge in [-0.15, -0.1) is 0 Å². The molecule has 1 aliphatic carbocycles. The van der Waals surface area contributed by atoms with E-state index in [0.29, 0.717) is 22.9 Å². The summed E-state index contributed by atoms with van der Waals surface area (Å²) >= 11 is 0. The zero-order valence-corrected chi connectivity index (χ0v) is 21.6. The molecule has 1 heterocycles. The predicted molar refractivity (Wildman–Crippen MR) is 141 cm³/mol.